The summed E-state index contributed by atoms with van der Waals surface area (Å²) in [4.78, 5) is 4.13. The van der Waals surface area contributed by atoms with E-state index in [-0.39, 0.29) is 11.0 Å². The average molecular weight is 282 g/mol. The van der Waals surface area contributed by atoms with E-state index in [9.17, 15) is 8.42 Å². The van der Waals surface area contributed by atoms with E-state index in [0.717, 1.165) is 13.0 Å². The van der Waals surface area contributed by atoms with Gasteiger partial charge in [-0.15, -0.1) is 0 Å². The van der Waals surface area contributed by atoms with Crippen LogP contribution in [0.1, 0.15) is 19.3 Å². The summed E-state index contributed by atoms with van der Waals surface area (Å²) in [5.41, 5.74) is 0. The summed E-state index contributed by atoms with van der Waals surface area (Å²) in [5.74, 6) is 0.712. The van der Waals surface area contributed by atoms with E-state index >= 15 is 0 Å². The van der Waals surface area contributed by atoms with Crippen LogP contribution in [-0.2, 0) is 14.8 Å². The van der Waals surface area contributed by atoms with Crippen molar-refractivity contribution in [2.24, 2.45) is 5.92 Å². The molecule has 19 heavy (non-hydrogen) atoms. The Bertz CT molecular complexity index is 528. The monoisotopic (exact) mass is 282 g/mol. The number of sulfonamides is 1. The summed E-state index contributed by atoms with van der Waals surface area (Å²) in [6.07, 6.45) is 6.31. The normalized spacial score (nSPS) is 24.7. The van der Waals surface area contributed by atoms with Gasteiger partial charge in [-0.25, -0.2) is 8.42 Å². The lowest BCUT2D eigenvalue weighted by molar-refractivity contribution is 0.0561. The maximum Gasteiger partial charge on any atom is 0.244 e. The van der Waals surface area contributed by atoms with Gasteiger partial charge >= 0.3 is 0 Å². The fourth-order valence-electron chi connectivity index (χ4n) is 2.26. The number of ether oxygens (including phenoxy) is 1. The summed E-state index contributed by atoms with van der Waals surface area (Å²) in [5, 5.41) is 0. The van der Waals surface area contributed by atoms with Crippen LogP contribution in [0, 0.1) is 5.92 Å². The molecule has 6 heteroatoms. The number of rotatable bonds is 5. The molecule has 0 amide bonds. The first kappa shape index (κ1) is 13.0. The Morgan fingerprint density at radius 1 is 1.37 bits per heavy atom. The maximum absolute atomic E-state index is 12.4. The van der Waals surface area contributed by atoms with Crippen molar-refractivity contribution in [1.82, 2.24) is 9.29 Å². The third-order valence-electron chi connectivity index (χ3n) is 3.64. The molecule has 1 saturated carbocycles. The highest BCUT2D eigenvalue weighted by atomic mass is 32.2. The van der Waals surface area contributed by atoms with Crippen LogP contribution in [0.5, 0.6) is 0 Å². The van der Waals surface area contributed by atoms with Crippen LogP contribution in [0.4, 0.5) is 0 Å². The Kier molecular flexibility index (Phi) is 3.56. The molecule has 1 aromatic heterocycles. The molecule has 0 N–H and O–H groups in total. The molecule has 0 radical (unpaired) electrons. The van der Waals surface area contributed by atoms with Crippen molar-refractivity contribution in [1.29, 1.82) is 0 Å². The van der Waals surface area contributed by atoms with Crippen molar-refractivity contribution in [2.45, 2.75) is 30.3 Å². The summed E-state index contributed by atoms with van der Waals surface area (Å²) in [6.45, 7) is 1.78. The standard InChI is InChI=1S/C13H18N2O3S/c16-19(17,13-2-1-6-14-8-13)15-7-5-12(9-15)18-10-11-3-4-11/h1-2,6,8,11-12H,3-5,7,9-10H2. The smallest absolute Gasteiger partial charge is 0.244 e. The molecule has 1 atom stereocenters. The topological polar surface area (TPSA) is 59.5 Å². The summed E-state index contributed by atoms with van der Waals surface area (Å²) >= 11 is 0. The molecule has 104 valence electrons. The summed E-state index contributed by atoms with van der Waals surface area (Å²) in [7, 11) is -3.40. The molecule has 2 fully saturated rings. The third-order valence-corrected chi connectivity index (χ3v) is 5.49. The van der Waals surface area contributed by atoms with E-state index in [2.05, 4.69) is 4.98 Å². The highest BCUT2D eigenvalue weighted by Crippen LogP contribution is 2.30. The maximum atomic E-state index is 12.4. The van der Waals surface area contributed by atoms with Crippen LogP contribution in [0.25, 0.3) is 0 Å². The van der Waals surface area contributed by atoms with Crippen molar-refractivity contribution < 1.29 is 13.2 Å². The minimum absolute atomic E-state index is 0.0482. The molecule has 5 nitrogen and oxygen atoms in total. The molecule has 0 spiro atoms. The second kappa shape index (κ2) is 5.19. The molecule has 1 unspecified atom stereocenters. The third kappa shape index (κ3) is 2.96. The molecule has 2 heterocycles. The van der Waals surface area contributed by atoms with Crippen LogP contribution >= 0.6 is 0 Å². The molecule has 0 aromatic carbocycles. The molecule has 1 aromatic rings. The first-order valence-corrected chi connectivity index (χ1v) is 8.12. The largest absolute Gasteiger partial charge is 0.377 e. The molecule has 1 aliphatic carbocycles. The Labute approximate surface area is 113 Å². The quantitative estimate of drug-likeness (QED) is 0.816. The summed E-state index contributed by atoms with van der Waals surface area (Å²) in [6, 6.07) is 3.23. The first-order valence-electron chi connectivity index (χ1n) is 6.68. The van der Waals surface area contributed by atoms with E-state index < -0.39 is 10.0 Å². The molecule has 0 bridgehead atoms. The SMILES string of the molecule is O=S(=O)(c1cccnc1)N1CCC(OCC2CC2)C1. The zero-order chi connectivity index (χ0) is 13.3. The Balaban J connectivity index is 1.63. The highest BCUT2D eigenvalue weighted by molar-refractivity contribution is 7.89. The molecular formula is C13H18N2O3S. The second-order valence-corrected chi connectivity index (χ2v) is 7.18. The molecule has 3 rings (SSSR count). The first-order chi connectivity index (χ1) is 9.16. The lowest BCUT2D eigenvalue weighted by Crippen LogP contribution is -2.30. The fourth-order valence-corrected chi connectivity index (χ4v) is 3.71. The molecular weight excluding hydrogens is 264 g/mol. The predicted octanol–water partition coefficient (Wildman–Crippen LogP) is 1.27. The lowest BCUT2D eigenvalue weighted by Gasteiger charge is -2.16. The van der Waals surface area contributed by atoms with Crippen molar-refractivity contribution in [3.63, 3.8) is 0 Å². The van der Waals surface area contributed by atoms with Crippen molar-refractivity contribution in [3.05, 3.63) is 24.5 Å². The van der Waals surface area contributed by atoms with E-state index in [1.54, 1.807) is 18.3 Å². The number of nitrogens with zero attached hydrogens (tertiary/aromatic N) is 2. The van der Waals surface area contributed by atoms with Crippen LogP contribution < -0.4 is 0 Å². The van der Waals surface area contributed by atoms with Gasteiger partial charge in [-0.05, 0) is 37.3 Å². The van der Waals surface area contributed by atoms with Gasteiger partial charge in [0.2, 0.25) is 10.0 Å². The summed E-state index contributed by atoms with van der Waals surface area (Å²) < 4.78 is 32.0. The zero-order valence-electron chi connectivity index (χ0n) is 10.7. The molecule has 1 aliphatic heterocycles. The molecule has 2 aliphatic rings. The highest BCUT2D eigenvalue weighted by Gasteiger charge is 2.34. The number of hydrogen-bond acceptors (Lipinski definition) is 4. The van der Waals surface area contributed by atoms with E-state index in [4.69, 9.17) is 4.74 Å². The van der Waals surface area contributed by atoms with Crippen LogP contribution in [0.3, 0.4) is 0 Å². The minimum atomic E-state index is -3.40. The Morgan fingerprint density at radius 2 is 2.21 bits per heavy atom. The van der Waals surface area contributed by atoms with E-state index in [1.165, 1.54) is 23.3 Å². The van der Waals surface area contributed by atoms with Crippen LogP contribution in [0.2, 0.25) is 0 Å². The Morgan fingerprint density at radius 3 is 2.89 bits per heavy atom. The molecule has 1 saturated heterocycles. The van der Waals surface area contributed by atoms with Gasteiger partial charge in [0.15, 0.2) is 0 Å². The van der Waals surface area contributed by atoms with Crippen molar-refractivity contribution in [2.75, 3.05) is 19.7 Å². The van der Waals surface area contributed by atoms with Gasteiger partial charge in [-0.3, -0.25) is 4.98 Å². The second-order valence-electron chi connectivity index (χ2n) is 5.24. The average Bonchev–Trinajstić information content (AvgIpc) is 3.13. The predicted molar refractivity (Wildman–Crippen MR) is 70.1 cm³/mol. The number of pyridine rings is 1. The van der Waals surface area contributed by atoms with Gasteiger partial charge in [0.05, 0.1) is 6.10 Å². The fraction of sp³-hybridized carbons (Fsp3) is 0.615. The van der Waals surface area contributed by atoms with Gasteiger partial charge in [-0.1, -0.05) is 0 Å². The van der Waals surface area contributed by atoms with Crippen LogP contribution in [0.15, 0.2) is 29.4 Å². The zero-order valence-corrected chi connectivity index (χ0v) is 11.6. The van der Waals surface area contributed by atoms with Crippen LogP contribution in [-0.4, -0.2) is 43.5 Å². The minimum Gasteiger partial charge on any atom is -0.377 e. The van der Waals surface area contributed by atoms with Gasteiger partial charge in [0.25, 0.3) is 0 Å². The van der Waals surface area contributed by atoms with E-state index in [0.29, 0.717) is 19.0 Å². The number of aromatic nitrogens is 1. The van der Waals surface area contributed by atoms with Gasteiger partial charge in [0.1, 0.15) is 4.90 Å². The van der Waals surface area contributed by atoms with E-state index in [1.807, 2.05) is 0 Å². The lowest BCUT2D eigenvalue weighted by atomic mass is 10.3. The van der Waals surface area contributed by atoms with Gasteiger partial charge in [-0.2, -0.15) is 4.31 Å². The van der Waals surface area contributed by atoms with Crippen molar-refractivity contribution >= 4 is 10.0 Å². The Hall–Kier alpha value is -0.980. The van der Waals surface area contributed by atoms with Gasteiger partial charge < -0.3 is 4.74 Å². The van der Waals surface area contributed by atoms with Gasteiger partial charge in [0, 0.05) is 32.1 Å². The van der Waals surface area contributed by atoms with Crippen molar-refractivity contribution in [3.8, 4) is 0 Å². The number of hydrogen-bond donors (Lipinski definition) is 0.